The molecular weight excluding hydrogens is 418 g/mol. The second kappa shape index (κ2) is 8.64. The SMILES string of the molecule is O=C(NNC(=O)c1occ(-c2ccccc2)c1-c1ccccc1)c1csc([N+](=O)[O-])c1. The van der Waals surface area contributed by atoms with Crippen LogP contribution in [0.1, 0.15) is 20.9 Å². The van der Waals surface area contributed by atoms with Crippen LogP contribution in [0.25, 0.3) is 22.3 Å². The average Bonchev–Trinajstić information content (AvgIpc) is 3.46. The number of carbonyl (C=O) groups excluding carboxylic acids is 2. The van der Waals surface area contributed by atoms with Crippen LogP contribution in [0.2, 0.25) is 0 Å². The maximum absolute atomic E-state index is 12.8. The van der Waals surface area contributed by atoms with Crippen molar-refractivity contribution in [1.29, 1.82) is 0 Å². The van der Waals surface area contributed by atoms with E-state index in [1.165, 1.54) is 11.6 Å². The van der Waals surface area contributed by atoms with Gasteiger partial charge >= 0.3 is 10.9 Å². The molecule has 2 amide bonds. The van der Waals surface area contributed by atoms with Crippen LogP contribution < -0.4 is 10.9 Å². The lowest BCUT2D eigenvalue weighted by molar-refractivity contribution is -0.380. The lowest BCUT2D eigenvalue weighted by atomic mass is 9.96. The van der Waals surface area contributed by atoms with Gasteiger partial charge in [-0.3, -0.25) is 30.6 Å². The topological polar surface area (TPSA) is 114 Å². The molecule has 4 rings (SSSR count). The van der Waals surface area contributed by atoms with E-state index < -0.39 is 16.7 Å². The molecule has 2 N–H and O–H groups in total. The molecule has 0 bridgehead atoms. The Morgan fingerprint density at radius 3 is 2.13 bits per heavy atom. The van der Waals surface area contributed by atoms with Crippen molar-refractivity contribution >= 4 is 28.2 Å². The van der Waals surface area contributed by atoms with Crippen molar-refractivity contribution in [2.45, 2.75) is 0 Å². The number of nitro groups is 1. The van der Waals surface area contributed by atoms with Crippen molar-refractivity contribution in [1.82, 2.24) is 10.9 Å². The Hall–Kier alpha value is -4.24. The molecule has 0 spiro atoms. The molecule has 2 aromatic heterocycles. The van der Waals surface area contributed by atoms with Gasteiger partial charge in [-0.25, -0.2) is 0 Å². The van der Waals surface area contributed by atoms with Crippen LogP contribution in [0, 0.1) is 10.1 Å². The van der Waals surface area contributed by atoms with Gasteiger partial charge in [-0.2, -0.15) is 0 Å². The fraction of sp³-hybridized carbons (Fsp3) is 0. The Morgan fingerprint density at radius 2 is 1.52 bits per heavy atom. The number of furan rings is 1. The van der Waals surface area contributed by atoms with E-state index in [4.69, 9.17) is 4.42 Å². The number of amides is 2. The van der Waals surface area contributed by atoms with Crippen molar-refractivity contribution in [3.05, 3.63) is 99.8 Å². The quantitative estimate of drug-likeness (QED) is 0.351. The number of hydrogen-bond donors (Lipinski definition) is 2. The molecule has 0 saturated carbocycles. The molecule has 0 saturated heterocycles. The molecule has 2 aromatic carbocycles. The van der Waals surface area contributed by atoms with Gasteiger partial charge in [0.1, 0.15) is 0 Å². The summed E-state index contributed by atoms with van der Waals surface area (Å²) >= 11 is 0.826. The predicted octanol–water partition coefficient (Wildman–Crippen LogP) is 4.66. The smallest absolute Gasteiger partial charge is 0.324 e. The highest BCUT2D eigenvalue weighted by molar-refractivity contribution is 7.13. The number of nitrogens with one attached hydrogen (secondary N) is 2. The lowest BCUT2D eigenvalue weighted by Gasteiger charge is -2.08. The first-order valence-electron chi connectivity index (χ1n) is 9.10. The molecule has 9 heteroatoms. The van der Waals surface area contributed by atoms with Crippen molar-refractivity contribution in [3.8, 4) is 22.3 Å². The maximum Gasteiger partial charge on any atom is 0.324 e. The van der Waals surface area contributed by atoms with Crippen molar-refractivity contribution in [2.75, 3.05) is 0 Å². The van der Waals surface area contributed by atoms with E-state index in [1.807, 2.05) is 60.7 Å². The van der Waals surface area contributed by atoms with E-state index in [2.05, 4.69) is 10.9 Å². The molecule has 0 radical (unpaired) electrons. The van der Waals surface area contributed by atoms with Crippen LogP contribution in [0.5, 0.6) is 0 Å². The molecule has 0 aliphatic carbocycles. The molecule has 0 aliphatic rings. The standard InChI is InChI=1S/C22H15N3O5S/c26-21(16-11-18(25(28)29)31-13-16)23-24-22(27)20-19(15-9-5-2-6-10-15)17(12-30-20)14-7-3-1-4-8-14/h1-13H,(H,23,26)(H,24,27). The molecule has 4 aromatic rings. The van der Waals surface area contributed by atoms with E-state index in [0.717, 1.165) is 34.1 Å². The summed E-state index contributed by atoms with van der Waals surface area (Å²) in [5.41, 5.74) is 7.62. The van der Waals surface area contributed by atoms with E-state index in [-0.39, 0.29) is 16.3 Å². The van der Waals surface area contributed by atoms with Crippen LogP contribution >= 0.6 is 11.3 Å². The summed E-state index contributed by atoms with van der Waals surface area (Å²) in [4.78, 5) is 35.2. The molecule has 154 valence electrons. The summed E-state index contributed by atoms with van der Waals surface area (Å²) < 4.78 is 5.59. The number of rotatable bonds is 5. The van der Waals surface area contributed by atoms with E-state index >= 15 is 0 Å². The molecule has 31 heavy (non-hydrogen) atoms. The summed E-state index contributed by atoms with van der Waals surface area (Å²) in [6.07, 6.45) is 1.50. The fourth-order valence-electron chi connectivity index (χ4n) is 3.03. The minimum Gasteiger partial charge on any atom is -0.458 e. The summed E-state index contributed by atoms with van der Waals surface area (Å²) in [7, 11) is 0. The zero-order valence-corrected chi connectivity index (χ0v) is 16.7. The summed E-state index contributed by atoms with van der Waals surface area (Å²) in [5, 5.41) is 12.0. The highest BCUT2D eigenvalue weighted by Gasteiger charge is 2.23. The number of hydrazine groups is 1. The highest BCUT2D eigenvalue weighted by atomic mass is 32.1. The van der Waals surface area contributed by atoms with Crippen LogP contribution in [0.4, 0.5) is 5.00 Å². The molecule has 8 nitrogen and oxygen atoms in total. The van der Waals surface area contributed by atoms with Gasteiger partial charge < -0.3 is 4.42 Å². The van der Waals surface area contributed by atoms with Crippen LogP contribution in [0.15, 0.2) is 82.8 Å². The number of hydrogen-bond acceptors (Lipinski definition) is 6. The minimum atomic E-state index is -0.672. The zero-order valence-electron chi connectivity index (χ0n) is 15.9. The first-order chi connectivity index (χ1) is 15.0. The van der Waals surface area contributed by atoms with Crippen LogP contribution in [-0.2, 0) is 0 Å². The molecular formula is C22H15N3O5S. The first-order valence-corrected chi connectivity index (χ1v) is 9.98. The minimum absolute atomic E-state index is 0.0293. The molecule has 0 atom stereocenters. The van der Waals surface area contributed by atoms with E-state index in [9.17, 15) is 19.7 Å². The van der Waals surface area contributed by atoms with Gasteiger partial charge in [0.05, 0.1) is 16.7 Å². The average molecular weight is 433 g/mol. The predicted molar refractivity (Wildman–Crippen MR) is 115 cm³/mol. The monoisotopic (exact) mass is 433 g/mol. The maximum atomic E-state index is 12.8. The largest absolute Gasteiger partial charge is 0.458 e. The molecule has 0 fully saturated rings. The Morgan fingerprint density at radius 1 is 0.903 bits per heavy atom. The third-order valence-electron chi connectivity index (χ3n) is 4.46. The van der Waals surface area contributed by atoms with Crippen LogP contribution in [0.3, 0.4) is 0 Å². The highest BCUT2D eigenvalue weighted by Crippen LogP contribution is 2.36. The number of carbonyl (C=O) groups is 2. The van der Waals surface area contributed by atoms with Crippen molar-refractivity contribution in [2.24, 2.45) is 0 Å². The molecule has 0 aliphatic heterocycles. The zero-order chi connectivity index (χ0) is 21.8. The number of benzene rings is 2. The number of thiophene rings is 1. The van der Waals surface area contributed by atoms with E-state index in [0.29, 0.717) is 5.56 Å². The summed E-state index contributed by atoms with van der Waals surface area (Å²) in [5.74, 6) is -1.30. The Kier molecular flexibility index (Phi) is 5.59. The van der Waals surface area contributed by atoms with Gasteiger partial charge in [-0.15, -0.1) is 0 Å². The second-order valence-electron chi connectivity index (χ2n) is 6.42. The van der Waals surface area contributed by atoms with Gasteiger partial charge in [-0.1, -0.05) is 72.0 Å². The summed E-state index contributed by atoms with van der Waals surface area (Å²) in [6.45, 7) is 0. The Bertz CT molecular complexity index is 1250. The lowest BCUT2D eigenvalue weighted by Crippen LogP contribution is -2.41. The van der Waals surface area contributed by atoms with Crippen LogP contribution in [-0.4, -0.2) is 16.7 Å². The van der Waals surface area contributed by atoms with Crippen molar-refractivity contribution in [3.63, 3.8) is 0 Å². The Labute approximate surface area is 180 Å². The fourth-order valence-corrected chi connectivity index (χ4v) is 3.73. The normalized spacial score (nSPS) is 10.5. The summed E-state index contributed by atoms with van der Waals surface area (Å²) in [6, 6.07) is 19.9. The molecule has 0 unspecified atom stereocenters. The van der Waals surface area contributed by atoms with E-state index in [1.54, 1.807) is 0 Å². The second-order valence-corrected chi connectivity index (χ2v) is 7.31. The Balaban J connectivity index is 1.60. The third kappa shape index (κ3) is 4.21. The van der Waals surface area contributed by atoms with Gasteiger partial charge in [-0.05, 0) is 11.1 Å². The third-order valence-corrected chi connectivity index (χ3v) is 5.34. The first kappa shape index (κ1) is 20.0. The molecule has 2 heterocycles. The van der Waals surface area contributed by atoms with Gasteiger partial charge in [0.2, 0.25) is 5.76 Å². The van der Waals surface area contributed by atoms with Gasteiger partial charge in [0.25, 0.3) is 5.91 Å². The van der Waals surface area contributed by atoms with Crippen molar-refractivity contribution < 1.29 is 18.9 Å². The van der Waals surface area contributed by atoms with Gasteiger partial charge in [0.15, 0.2) is 0 Å². The number of nitrogens with zero attached hydrogens (tertiary/aromatic N) is 1. The van der Waals surface area contributed by atoms with Gasteiger partial charge in [0, 0.05) is 22.6 Å².